The van der Waals surface area contributed by atoms with Gasteiger partial charge in [-0.3, -0.25) is 4.79 Å². The molecule has 0 bridgehead atoms. The van der Waals surface area contributed by atoms with E-state index in [2.05, 4.69) is 15.6 Å². The first-order valence-corrected chi connectivity index (χ1v) is 7.02. The lowest BCUT2D eigenvalue weighted by Crippen LogP contribution is -2.46. The summed E-state index contributed by atoms with van der Waals surface area (Å²) in [7, 11) is 0. The van der Waals surface area contributed by atoms with E-state index >= 15 is 0 Å². The third kappa shape index (κ3) is 4.51. The molecule has 3 unspecified atom stereocenters. The molecule has 1 aromatic rings. The number of nitrogens with zero attached hydrogens (tertiary/aromatic N) is 1. The minimum atomic E-state index is -0.931. The Labute approximate surface area is 116 Å². The highest BCUT2D eigenvalue weighted by molar-refractivity contribution is 7.09. The summed E-state index contributed by atoms with van der Waals surface area (Å²) in [5.41, 5.74) is 0. The van der Waals surface area contributed by atoms with Gasteiger partial charge in [0.25, 0.3) is 0 Å². The zero-order valence-corrected chi connectivity index (χ0v) is 12.0. The molecule has 19 heavy (non-hydrogen) atoms. The second-order valence-electron chi connectivity index (χ2n) is 4.36. The van der Waals surface area contributed by atoms with Gasteiger partial charge in [-0.1, -0.05) is 6.92 Å². The summed E-state index contributed by atoms with van der Waals surface area (Å²) < 4.78 is 0. The molecule has 0 aromatic carbocycles. The maximum Gasteiger partial charge on any atom is 0.315 e. The Hall–Kier alpha value is -1.63. The van der Waals surface area contributed by atoms with E-state index in [0.29, 0.717) is 0 Å². The lowest BCUT2D eigenvalue weighted by molar-refractivity contribution is -0.141. The SMILES string of the molecule is CCC(NC(=O)NC(C)C(C)C(=O)O)c1nccs1. The number of carboxylic acid groups (broad SMARTS) is 1. The van der Waals surface area contributed by atoms with Gasteiger partial charge in [0.05, 0.1) is 12.0 Å². The van der Waals surface area contributed by atoms with Crippen LogP contribution in [-0.4, -0.2) is 28.1 Å². The Morgan fingerprint density at radius 1 is 1.42 bits per heavy atom. The number of urea groups is 1. The van der Waals surface area contributed by atoms with Gasteiger partial charge in [0, 0.05) is 17.6 Å². The highest BCUT2D eigenvalue weighted by Gasteiger charge is 2.22. The molecular formula is C12H19N3O3S. The van der Waals surface area contributed by atoms with Crippen molar-refractivity contribution in [1.29, 1.82) is 0 Å². The van der Waals surface area contributed by atoms with Gasteiger partial charge in [0.15, 0.2) is 0 Å². The van der Waals surface area contributed by atoms with Gasteiger partial charge in [-0.05, 0) is 20.3 Å². The van der Waals surface area contributed by atoms with Crippen molar-refractivity contribution in [2.24, 2.45) is 5.92 Å². The van der Waals surface area contributed by atoms with E-state index in [1.54, 1.807) is 20.0 Å². The van der Waals surface area contributed by atoms with Crippen LogP contribution in [0.1, 0.15) is 38.2 Å². The number of carbonyl (C=O) groups excluding carboxylic acids is 1. The third-order valence-electron chi connectivity index (χ3n) is 2.96. The van der Waals surface area contributed by atoms with Crippen LogP contribution < -0.4 is 10.6 Å². The number of hydrogen-bond donors (Lipinski definition) is 3. The van der Waals surface area contributed by atoms with Gasteiger partial charge in [-0.25, -0.2) is 9.78 Å². The van der Waals surface area contributed by atoms with Gasteiger partial charge < -0.3 is 15.7 Å². The number of thiazole rings is 1. The highest BCUT2D eigenvalue weighted by atomic mass is 32.1. The molecule has 1 rings (SSSR count). The van der Waals surface area contributed by atoms with Crippen LogP contribution in [0.3, 0.4) is 0 Å². The Morgan fingerprint density at radius 2 is 2.11 bits per heavy atom. The molecule has 0 aliphatic carbocycles. The van der Waals surface area contributed by atoms with Crippen molar-refractivity contribution >= 4 is 23.3 Å². The normalized spacial score (nSPS) is 15.3. The van der Waals surface area contributed by atoms with Crippen molar-refractivity contribution in [3.8, 4) is 0 Å². The first kappa shape index (κ1) is 15.4. The molecule has 3 N–H and O–H groups in total. The second kappa shape index (κ2) is 7.08. The Balaban J connectivity index is 2.52. The van der Waals surface area contributed by atoms with Crippen LogP contribution in [0.5, 0.6) is 0 Å². The number of hydrogen-bond acceptors (Lipinski definition) is 4. The van der Waals surface area contributed by atoms with Crippen molar-refractivity contribution in [1.82, 2.24) is 15.6 Å². The van der Waals surface area contributed by atoms with Crippen molar-refractivity contribution in [3.63, 3.8) is 0 Å². The fraction of sp³-hybridized carbons (Fsp3) is 0.583. The van der Waals surface area contributed by atoms with Gasteiger partial charge >= 0.3 is 12.0 Å². The van der Waals surface area contributed by atoms with Gasteiger partial charge in [0.1, 0.15) is 5.01 Å². The van der Waals surface area contributed by atoms with E-state index in [1.807, 2.05) is 12.3 Å². The van der Waals surface area contributed by atoms with Crippen LogP contribution in [0.2, 0.25) is 0 Å². The van der Waals surface area contributed by atoms with Crippen LogP contribution in [0, 0.1) is 5.92 Å². The Morgan fingerprint density at radius 3 is 2.58 bits per heavy atom. The van der Waals surface area contributed by atoms with E-state index in [-0.39, 0.29) is 12.1 Å². The Bertz CT molecular complexity index is 422. The number of aliphatic carboxylic acids is 1. The van der Waals surface area contributed by atoms with Crippen molar-refractivity contribution in [2.75, 3.05) is 0 Å². The molecule has 1 aromatic heterocycles. The molecule has 0 fully saturated rings. The molecule has 0 radical (unpaired) electrons. The van der Waals surface area contributed by atoms with Crippen molar-refractivity contribution in [3.05, 3.63) is 16.6 Å². The average molecular weight is 285 g/mol. The van der Waals surface area contributed by atoms with E-state index in [0.717, 1.165) is 11.4 Å². The first-order chi connectivity index (χ1) is 8.95. The molecule has 0 saturated carbocycles. The predicted octanol–water partition coefficient (Wildman–Crippen LogP) is 2.00. The fourth-order valence-electron chi connectivity index (χ4n) is 1.49. The third-order valence-corrected chi connectivity index (χ3v) is 3.85. The van der Waals surface area contributed by atoms with Crippen LogP contribution in [0.4, 0.5) is 4.79 Å². The molecule has 6 nitrogen and oxygen atoms in total. The standard InChI is InChI=1S/C12H19N3O3S/c1-4-9(10-13-5-6-19-10)15-12(18)14-8(3)7(2)11(16)17/h5-9H,4H2,1-3H3,(H,16,17)(H2,14,15,18). The van der Waals surface area contributed by atoms with Crippen LogP contribution in [0.15, 0.2) is 11.6 Å². The molecule has 3 atom stereocenters. The summed E-state index contributed by atoms with van der Waals surface area (Å²) in [6, 6.07) is -0.957. The highest BCUT2D eigenvalue weighted by Crippen LogP contribution is 2.18. The summed E-state index contributed by atoms with van der Waals surface area (Å²) in [6.45, 7) is 5.18. The molecule has 7 heteroatoms. The molecule has 2 amide bonds. The minimum absolute atomic E-state index is 0.146. The molecule has 0 spiro atoms. The number of nitrogens with one attached hydrogen (secondary N) is 2. The second-order valence-corrected chi connectivity index (χ2v) is 5.29. The summed E-state index contributed by atoms with van der Waals surface area (Å²) >= 11 is 1.48. The predicted molar refractivity (Wildman–Crippen MR) is 73.1 cm³/mol. The smallest absolute Gasteiger partial charge is 0.315 e. The first-order valence-electron chi connectivity index (χ1n) is 6.14. The maximum absolute atomic E-state index is 11.8. The number of amides is 2. The molecular weight excluding hydrogens is 266 g/mol. The number of aromatic nitrogens is 1. The zero-order chi connectivity index (χ0) is 14.4. The minimum Gasteiger partial charge on any atom is -0.481 e. The van der Waals surface area contributed by atoms with Crippen molar-refractivity contribution in [2.45, 2.75) is 39.3 Å². The lowest BCUT2D eigenvalue weighted by Gasteiger charge is -2.20. The fourth-order valence-corrected chi connectivity index (χ4v) is 2.26. The zero-order valence-electron chi connectivity index (χ0n) is 11.2. The summed E-state index contributed by atoms with van der Waals surface area (Å²) in [4.78, 5) is 26.8. The van der Waals surface area contributed by atoms with Crippen LogP contribution in [0.25, 0.3) is 0 Å². The lowest BCUT2D eigenvalue weighted by atomic mass is 10.0. The largest absolute Gasteiger partial charge is 0.481 e. The molecule has 0 saturated heterocycles. The maximum atomic E-state index is 11.8. The van der Waals surface area contributed by atoms with E-state index in [1.165, 1.54) is 11.3 Å². The molecule has 1 heterocycles. The molecule has 0 aliphatic rings. The van der Waals surface area contributed by atoms with Crippen molar-refractivity contribution < 1.29 is 14.7 Å². The van der Waals surface area contributed by atoms with Crippen LogP contribution >= 0.6 is 11.3 Å². The number of carbonyl (C=O) groups is 2. The number of rotatable bonds is 6. The number of carboxylic acids is 1. The topological polar surface area (TPSA) is 91.3 Å². The van der Waals surface area contributed by atoms with E-state index < -0.39 is 17.9 Å². The summed E-state index contributed by atoms with van der Waals surface area (Å²) in [5.74, 6) is -1.56. The van der Waals surface area contributed by atoms with E-state index in [4.69, 9.17) is 5.11 Å². The van der Waals surface area contributed by atoms with Gasteiger partial charge in [-0.2, -0.15) is 0 Å². The summed E-state index contributed by atoms with van der Waals surface area (Å²) in [5, 5.41) is 17.0. The molecule has 106 valence electrons. The van der Waals surface area contributed by atoms with Crippen LogP contribution in [-0.2, 0) is 4.79 Å². The quantitative estimate of drug-likeness (QED) is 0.745. The Kier molecular flexibility index (Phi) is 5.75. The van der Waals surface area contributed by atoms with Gasteiger partial charge in [0.2, 0.25) is 0 Å². The molecule has 0 aliphatic heterocycles. The van der Waals surface area contributed by atoms with Gasteiger partial charge in [-0.15, -0.1) is 11.3 Å². The monoisotopic (exact) mass is 285 g/mol. The average Bonchev–Trinajstić information content (AvgIpc) is 2.88. The van der Waals surface area contributed by atoms with E-state index in [9.17, 15) is 9.59 Å². The summed E-state index contributed by atoms with van der Waals surface area (Å²) in [6.07, 6.45) is 2.42.